The van der Waals surface area contributed by atoms with Crippen LogP contribution in [0.2, 0.25) is 0 Å². The number of fused-ring (bicyclic) bond motifs is 3. The van der Waals surface area contributed by atoms with Crippen LogP contribution in [0.25, 0.3) is 32.1 Å². The van der Waals surface area contributed by atoms with E-state index in [0.717, 1.165) is 11.5 Å². The van der Waals surface area contributed by atoms with E-state index < -0.39 is 0 Å². The second kappa shape index (κ2) is 4.58. The second-order valence-electron chi connectivity index (χ2n) is 6.60. The normalized spacial score (nSPS) is 12.5. The predicted molar refractivity (Wildman–Crippen MR) is 100 cm³/mol. The number of hydrogen-bond acceptors (Lipinski definition) is 2. The highest BCUT2D eigenvalue weighted by atomic mass is 32.1. The van der Waals surface area contributed by atoms with Gasteiger partial charge >= 0.3 is 0 Å². The summed E-state index contributed by atoms with van der Waals surface area (Å²) in [6.45, 7) is 6.54. The van der Waals surface area contributed by atoms with Crippen molar-refractivity contribution in [2.75, 3.05) is 0 Å². The summed E-state index contributed by atoms with van der Waals surface area (Å²) >= 11 is 1.81. The van der Waals surface area contributed by atoms with Crippen LogP contribution < -0.4 is 9.30 Å². The molecule has 0 amide bonds. The molecule has 118 valence electrons. The van der Waals surface area contributed by atoms with Gasteiger partial charge in [0.2, 0.25) is 5.69 Å². The fourth-order valence-corrected chi connectivity index (χ4v) is 5.00. The van der Waals surface area contributed by atoms with Gasteiger partial charge in [0.05, 0.1) is 10.3 Å². The molecule has 2 aromatic heterocycles. The molecule has 0 spiro atoms. The summed E-state index contributed by atoms with van der Waals surface area (Å²) < 4.78 is 10.0. The van der Waals surface area contributed by atoms with Gasteiger partial charge in [-0.2, -0.15) is 0 Å². The van der Waals surface area contributed by atoms with Crippen LogP contribution in [-0.2, 0) is 7.05 Å². The first-order valence-corrected chi connectivity index (χ1v) is 9.01. The van der Waals surface area contributed by atoms with Gasteiger partial charge in [0.15, 0.2) is 11.9 Å². The minimum Gasteiger partial charge on any atom is -0.454 e. The molecule has 0 saturated heterocycles. The van der Waals surface area contributed by atoms with Crippen LogP contribution in [0.1, 0.15) is 16.0 Å². The van der Waals surface area contributed by atoms with E-state index in [1.165, 1.54) is 48.1 Å². The average molecular weight is 332 g/mol. The molecule has 1 aliphatic heterocycles. The number of nitrogens with zero attached hydrogens (tertiary/aromatic N) is 1. The van der Waals surface area contributed by atoms with Crippen LogP contribution in [0.3, 0.4) is 0 Å². The highest BCUT2D eigenvalue weighted by Crippen LogP contribution is 2.53. The summed E-state index contributed by atoms with van der Waals surface area (Å²) in [6, 6.07) is 10.8. The van der Waals surface area contributed by atoms with Crippen LogP contribution in [0.4, 0.5) is 0 Å². The monoisotopic (exact) mass is 332 g/mol. The molecule has 0 aliphatic carbocycles. The van der Waals surface area contributed by atoms with E-state index in [1.54, 1.807) is 0 Å². The van der Waals surface area contributed by atoms with Gasteiger partial charge in [-0.25, -0.2) is 4.57 Å². The fraction of sp³-hybridized carbons (Fsp3) is 0.190. The molecule has 0 saturated carbocycles. The molecule has 2 nitrogen and oxygen atoms in total. The summed E-state index contributed by atoms with van der Waals surface area (Å²) in [6.07, 6.45) is 2.16. The maximum atomic E-state index is 6.49. The summed E-state index contributed by atoms with van der Waals surface area (Å²) in [5, 5.41) is 3.84. The zero-order valence-electron chi connectivity index (χ0n) is 14.2. The number of benzene rings is 2. The molecule has 3 heteroatoms. The van der Waals surface area contributed by atoms with Gasteiger partial charge in [-0.1, -0.05) is 24.3 Å². The maximum absolute atomic E-state index is 6.49. The minimum atomic E-state index is 1.02. The molecule has 3 heterocycles. The van der Waals surface area contributed by atoms with E-state index in [-0.39, 0.29) is 0 Å². The highest BCUT2D eigenvalue weighted by molar-refractivity contribution is 7.19. The Morgan fingerprint density at radius 1 is 0.917 bits per heavy atom. The van der Waals surface area contributed by atoms with Crippen molar-refractivity contribution in [1.29, 1.82) is 0 Å². The van der Waals surface area contributed by atoms with Crippen molar-refractivity contribution in [2.24, 2.45) is 7.05 Å². The van der Waals surface area contributed by atoms with Crippen molar-refractivity contribution in [1.82, 2.24) is 0 Å². The first-order chi connectivity index (χ1) is 11.6. The lowest BCUT2D eigenvalue weighted by molar-refractivity contribution is -0.659. The third-order valence-electron chi connectivity index (χ3n) is 5.21. The Morgan fingerprint density at radius 3 is 2.38 bits per heavy atom. The first kappa shape index (κ1) is 14.0. The molecule has 2 aromatic carbocycles. The first-order valence-electron chi connectivity index (χ1n) is 8.19. The molecular formula is C21H18NOS+. The molecule has 1 aliphatic rings. The van der Waals surface area contributed by atoms with Gasteiger partial charge < -0.3 is 4.74 Å². The Labute approximate surface area is 144 Å². The lowest BCUT2D eigenvalue weighted by atomic mass is 9.90. The fourth-order valence-electron chi connectivity index (χ4n) is 4.01. The second-order valence-corrected chi connectivity index (χ2v) is 7.86. The summed E-state index contributed by atoms with van der Waals surface area (Å²) in [4.78, 5) is 1.24. The molecule has 0 bridgehead atoms. The van der Waals surface area contributed by atoms with Gasteiger partial charge in [0, 0.05) is 16.5 Å². The van der Waals surface area contributed by atoms with Gasteiger partial charge in [0.25, 0.3) is 0 Å². The number of aromatic nitrogens is 1. The Morgan fingerprint density at radius 2 is 1.62 bits per heavy atom. The van der Waals surface area contributed by atoms with Crippen LogP contribution in [0, 0.1) is 20.8 Å². The summed E-state index contributed by atoms with van der Waals surface area (Å²) in [7, 11) is 2.13. The number of thiophene rings is 1. The van der Waals surface area contributed by atoms with Crippen molar-refractivity contribution in [3.05, 3.63) is 52.5 Å². The SMILES string of the molecule is Cc1sc2cc[n+](C)c3c2c1Oc1c-3c(C)c2ccccc2c1C. The van der Waals surface area contributed by atoms with Crippen molar-refractivity contribution in [3.8, 4) is 22.8 Å². The molecule has 24 heavy (non-hydrogen) atoms. The maximum Gasteiger partial charge on any atom is 0.228 e. The Kier molecular flexibility index (Phi) is 2.67. The quantitative estimate of drug-likeness (QED) is 0.338. The lowest BCUT2D eigenvalue weighted by Crippen LogP contribution is -2.31. The molecule has 0 unspecified atom stereocenters. The Balaban J connectivity index is 2.06. The van der Waals surface area contributed by atoms with E-state index in [4.69, 9.17) is 4.74 Å². The van der Waals surface area contributed by atoms with E-state index >= 15 is 0 Å². The van der Waals surface area contributed by atoms with Gasteiger partial charge in [-0.05, 0) is 37.1 Å². The number of hydrogen-bond donors (Lipinski definition) is 0. The molecule has 0 atom stereocenters. The summed E-state index contributed by atoms with van der Waals surface area (Å²) in [5.41, 5.74) is 5.03. The van der Waals surface area contributed by atoms with Crippen LogP contribution >= 0.6 is 11.3 Å². The molecule has 0 radical (unpaired) electrons. The molecule has 0 N–H and O–H groups in total. The van der Waals surface area contributed by atoms with Crippen molar-refractivity contribution < 1.29 is 9.30 Å². The average Bonchev–Trinajstić information content (AvgIpc) is 2.92. The zero-order chi connectivity index (χ0) is 16.6. The van der Waals surface area contributed by atoms with Gasteiger partial charge in [-0.3, -0.25) is 0 Å². The van der Waals surface area contributed by atoms with E-state index in [1.807, 2.05) is 11.3 Å². The van der Waals surface area contributed by atoms with E-state index in [0.29, 0.717) is 0 Å². The lowest BCUT2D eigenvalue weighted by Gasteiger charge is -2.22. The smallest absolute Gasteiger partial charge is 0.228 e. The number of rotatable bonds is 0. The number of pyridine rings is 1. The number of aryl methyl sites for hydroxylation is 4. The number of ether oxygens (including phenoxy) is 1. The largest absolute Gasteiger partial charge is 0.454 e. The topological polar surface area (TPSA) is 13.1 Å². The van der Waals surface area contributed by atoms with Crippen LogP contribution in [0.15, 0.2) is 36.5 Å². The van der Waals surface area contributed by atoms with Crippen molar-refractivity contribution in [2.45, 2.75) is 20.8 Å². The molecule has 0 fully saturated rings. The van der Waals surface area contributed by atoms with Gasteiger partial charge in [-0.15, -0.1) is 11.3 Å². The summed E-state index contributed by atoms with van der Waals surface area (Å²) in [5.74, 6) is 2.05. The Bertz CT molecular complexity index is 1170. The molecule has 5 rings (SSSR count). The van der Waals surface area contributed by atoms with Crippen molar-refractivity contribution in [3.63, 3.8) is 0 Å². The van der Waals surface area contributed by atoms with Crippen LogP contribution in [-0.4, -0.2) is 0 Å². The standard InChI is InChI=1S/C21H18NOS/c1-11-14-7-5-6-8-15(14)12(2)20-17(11)19-18-16(9-10-22(19)4)24-13(3)21(18)23-20/h5-10H,1-4H3/q+1. The minimum absolute atomic E-state index is 1.02. The van der Waals surface area contributed by atoms with Crippen LogP contribution in [0.5, 0.6) is 11.5 Å². The third-order valence-corrected chi connectivity index (χ3v) is 6.27. The predicted octanol–water partition coefficient (Wildman–Crippen LogP) is 5.58. The zero-order valence-corrected chi connectivity index (χ0v) is 15.0. The van der Waals surface area contributed by atoms with E-state index in [9.17, 15) is 0 Å². The molecular weight excluding hydrogens is 314 g/mol. The van der Waals surface area contributed by atoms with Crippen molar-refractivity contribution >= 4 is 32.2 Å². The Hall–Kier alpha value is -2.39. The highest BCUT2D eigenvalue weighted by Gasteiger charge is 2.33. The van der Waals surface area contributed by atoms with Gasteiger partial charge in [0.1, 0.15) is 18.2 Å². The van der Waals surface area contributed by atoms with E-state index in [2.05, 4.69) is 68.9 Å². The molecule has 4 aromatic rings. The third kappa shape index (κ3) is 1.58.